The predicted molar refractivity (Wildman–Crippen MR) is 62.4 cm³/mol. The molecule has 86 valence electrons. The molecule has 0 spiro atoms. The number of rotatable bonds is 2. The summed E-state index contributed by atoms with van der Waals surface area (Å²) >= 11 is 0. The highest BCUT2D eigenvalue weighted by atomic mass is 16.5. The van der Waals surface area contributed by atoms with E-state index in [2.05, 4.69) is 9.97 Å². The third kappa shape index (κ3) is 2.18. The smallest absolute Gasteiger partial charge is 0.256 e. The van der Waals surface area contributed by atoms with Gasteiger partial charge in [0.15, 0.2) is 5.75 Å². The lowest BCUT2D eigenvalue weighted by Crippen LogP contribution is -1.97. The number of hydrogen-bond donors (Lipinski definition) is 1. The first-order chi connectivity index (χ1) is 8.74. The maximum Gasteiger partial charge on any atom is 0.256 e. The van der Waals surface area contributed by atoms with Crippen LogP contribution in [0.2, 0.25) is 0 Å². The molecule has 0 aliphatic carbocycles. The fraction of sp³-hybridized carbons (Fsp3) is 0. The van der Waals surface area contributed by atoms with E-state index in [0.717, 1.165) is 0 Å². The van der Waals surface area contributed by atoms with Crippen LogP contribution in [-0.4, -0.2) is 9.97 Å². The van der Waals surface area contributed by atoms with Gasteiger partial charge in [-0.2, -0.15) is 10.5 Å². The van der Waals surface area contributed by atoms with Gasteiger partial charge in [0.1, 0.15) is 6.07 Å². The molecule has 0 unspecified atom stereocenters. The Labute approximate surface area is 103 Å². The van der Waals surface area contributed by atoms with Crippen molar-refractivity contribution < 1.29 is 4.74 Å². The van der Waals surface area contributed by atoms with Gasteiger partial charge in [-0.25, -0.2) is 9.97 Å². The molecule has 0 bridgehead atoms. The first kappa shape index (κ1) is 11.4. The van der Waals surface area contributed by atoms with Crippen LogP contribution in [0.4, 0.5) is 5.69 Å². The Hall–Kier alpha value is -3.12. The molecule has 1 aromatic heterocycles. The minimum absolute atomic E-state index is 0.0706. The Morgan fingerprint density at radius 1 is 1.11 bits per heavy atom. The van der Waals surface area contributed by atoms with Crippen molar-refractivity contribution in [2.45, 2.75) is 0 Å². The highest BCUT2D eigenvalue weighted by molar-refractivity contribution is 5.57. The van der Waals surface area contributed by atoms with Gasteiger partial charge in [0, 0.05) is 12.4 Å². The normalized spacial score (nSPS) is 9.22. The van der Waals surface area contributed by atoms with E-state index in [1.54, 1.807) is 12.1 Å². The zero-order chi connectivity index (χ0) is 13.0. The van der Waals surface area contributed by atoms with Crippen LogP contribution < -0.4 is 10.5 Å². The van der Waals surface area contributed by atoms with Gasteiger partial charge >= 0.3 is 0 Å². The highest BCUT2D eigenvalue weighted by Crippen LogP contribution is 2.27. The standard InChI is InChI=1S/C12H7N5O/c13-6-8-1-2-11(9(15)5-8)18-12-10(7-14)16-3-4-17-12/h1-5H,15H2. The van der Waals surface area contributed by atoms with E-state index in [-0.39, 0.29) is 11.6 Å². The molecule has 2 aromatic rings. The zero-order valence-electron chi connectivity index (χ0n) is 9.16. The third-order valence-electron chi connectivity index (χ3n) is 2.12. The van der Waals surface area contributed by atoms with E-state index in [0.29, 0.717) is 17.0 Å². The van der Waals surface area contributed by atoms with Crippen molar-refractivity contribution in [3.8, 4) is 23.8 Å². The van der Waals surface area contributed by atoms with Crippen molar-refractivity contribution in [3.05, 3.63) is 41.9 Å². The number of anilines is 1. The summed E-state index contributed by atoms with van der Waals surface area (Å²) < 4.78 is 5.40. The fourth-order valence-corrected chi connectivity index (χ4v) is 1.29. The predicted octanol–water partition coefficient (Wildman–Crippen LogP) is 1.59. The number of ether oxygens (including phenoxy) is 1. The van der Waals surface area contributed by atoms with Gasteiger partial charge in [0.25, 0.3) is 5.88 Å². The summed E-state index contributed by atoms with van der Waals surface area (Å²) in [7, 11) is 0. The second-order valence-electron chi connectivity index (χ2n) is 3.29. The molecule has 1 aromatic carbocycles. The minimum atomic E-state index is 0.0706. The minimum Gasteiger partial charge on any atom is -0.434 e. The number of benzene rings is 1. The molecule has 18 heavy (non-hydrogen) atoms. The molecule has 0 radical (unpaired) electrons. The molecule has 0 fully saturated rings. The lowest BCUT2D eigenvalue weighted by Gasteiger charge is -2.07. The van der Waals surface area contributed by atoms with E-state index < -0.39 is 0 Å². The largest absolute Gasteiger partial charge is 0.434 e. The second kappa shape index (κ2) is 4.81. The molecular formula is C12H7N5O. The van der Waals surface area contributed by atoms with Gasteiger partial charge in [-0.1, -0.05) is 0 Å². The first-order valence-corrected chi connectivity index (χ1v) is 4.93. The molecule has 0 amide bonds. The van der Waals surface area contributed by atoms with Crippen LogP contribution in [0.1, 0.15) is 11.3 Å². The molecule has 6 heteroatoms. The molecule has 0 aliphatic heterocycles. The molecule has 0 atom stereocenters. The monoisotopic (exact) mass is 237 g/mol. The van der Waals surface area contributed by atoms with Gasteiger partial charge in [0.2, 0.25) is 5.69 Å². The Balaban J connectivity index is 2.36. The first-order valence-electron chi connectivity index (χ1n) is 4.93. The van der Waals surface area contributed by atoms with Gasteiger partial charge < -0.3 is 10.5 Å². The van der Waals surface area contributed by atoms with Crippen molar-refractivity contribution in [1.82, 2.24) is 9.97 Å². The summed E-state index contributed by atoms with van der Waals surface area (Å²) in [5, 5.41) is 17.6. The Morgan fingerprint density at radius 2 is 1.89 bits per heavy atom. The van der Waals surface area contributed by atoms with Crippen molar-refractivity contribution in [3.63, 3.8) is 0 Å². The highest BCUT2D eigenvalue weighted by Gasteiger charge is 2.09. The SMILES string of the molecule is N#Cc1ccc(Oc2nccnc2C#N)c(N)c1. The van der Waals surface area contributed by atoms with Crippen LogP contribution in [-0.2, 0) is 0 Å². The van der Waals surface area contributed by atoms with Crippen LogP contribution in [0.25, 0.3) is 0 Å². The van der Waals surface area contributed by atoms with E-state index in [1.807, 2.05) is 12.1 Å². The number of nitrogen functional groups attached to an aromatic ring is 1. The van der Waals surface area contributed by atoms with E-state index in [4.69, 9.17) is 21.0 Å². The second-order valence-corrected chi connectivity index (χ2v) is 3.29. The van der Waals surface area contributed by atoms with Crippen LogP contribution in [0.5, 0.6) is 11.6 Å². The van der Waals surface area contributed by atoms with Gasteiger partial charge in [-0.15, -0.1) is 0 Å². The summed E-state index contributed by atoms with van der Waals surface area (Å²) in [6, 6.07) is 8.42. The van der Waals surface area contributed by atoms with Gasteiger partial charge in [-0.05, 0) is 18.2 Å². The summed E-state index contributed by atoms with van der Waals surface area (Å²) in [6.07, 6.45) is 2.81. The molecule has 2 rings (SSSR count). The molecule has 1 heterocycles. The van der Waals surface area contributed by atoms with E-state index in [1.165, 1.54) is 18.5 Å². The summed E-state index contributed by atoms with van der Waals surface area (Å²) in [5.41, 5.74) is 6.52. The number of nitrogens with two attached hydrogens (primary N) is 1. The molecule has 6 nitrogen and oxygen atoms in total. The number of nitrogens with zero attached hydrogens (tertiary/aromatic N) is 4. The molecule has 0 saturated heterocycles. The fourth-order valence-electron chi connectivity index (χ4n) is 1.29. The lowest BCUT2D eigenvalue weighted by atomic mass is 10.2. The zero-order valence-corrected chi connectivity index (χ0v) is 9.16. The van der Waals surface area contributed by atoms with Gasteiger partial charge in [0.05, 0.1) is 17.3 Å². The van der Waals surface area contributed by atoms with Crippen LogP contribution >= 0.6 is 0 Å². The number of hydrogen-bond acceptors (Lipinski definition) is 6. The molecule has 0 aliphatic rings. The average Bonchev–Trinajstić information content (AvgIpc) is 2.41. The molecular weight excluding hydrogens is 230 g/mol. The Morgan fingerprint density at radius 3 is 2.56 bits per heavy atom. The number of aromatic nitrogens is 2. The maximum atomic E-state index is 8.84. The summed E-state index contributed by atoms with van der Waals surface area (Å²) in [4.78, 5) is 7.72. The summed E-state index contributed by atoms with van der Waals surface area (Å²) in [5.74, 6) is 0.405. The van der Waals surface area contributed by atoms with Crippen molar-refractivity contribution in [2.75, 3.05) is 5.73 Å². The topological polar surface area (TPSA) is 109 Å². The molecule has 0 saturated carbocycles. The lowest BCUT2D eigenvalue weighted by molar-refractivity contribution is 0.460. The average molecular weight is 237 g/mol. The van der Waals surface area contributed by atoms with Crippen LogP contribution in [0, 0.1) is 22.7 Å². The van der Waals surface area contributed by atoms with E-state index >= 15 is 0 Å². The maximum absolute atomic E-state index is 8.84. The van der Waals surface area contributed by atoms with Gasteiger partial charge in [-0.3, -0.25) is 0 Å². The van der Waals surface area contributed by atoms with Crippen molar-refractivity contribution in [2.24, 2.45) is 0 Å². The Bertz CT molecular complexity index is 669. The Kier molecular flexibility index (Phi) is 3.04. The van der Waals surface area contributed by atoms with E-state index in [9.17, 15) is 0 Å². The van der Waals surface area contributed by atoms with Crippen molar-refractivity contribution in [1.29, 1.82) is 10.5 Å². The number of nitriles is 2. The van der Waals surface area contributed by atoms with Crippen LogP contribution in [0.3, 0.4) is 0 Å². The van der Waals surface area contributed by atoms with Crippen molar-refractivity contribution >= 4 is 5.69 Å². The van der Waals surface area contributed by atoms with Crippen LogP contribution in [0.15, 0.2) is 30.6 Å². The third-order valence-corrected chi connectivity index (χ3v) is 2.12. The molecule has 2 N–H and O–H groups in total. The quantitative estimate of drug-likeness (QED) is 0.794. The summed E-state index contributed by atoms with van der Waals surface area (Å²) in [6.45, 7) is 0.